The molecule has 0 amide bonds. The summed E-state index contributed by atoms with van der Waals surface area (Å²) in [5, 5.41) is 0.543. The second-order valence-corrected chi connectivity index (χ2v) is 8.33. The molecule has 1 aliphatic heterocycles. The third-order valence-electron chi connectivity index (χ3n) is 4.57. The minimum atomic E-state index is -1.65. The maximum absolute atomic E-state index is 13.0. The molecule has 4 rings (SSSR count). The smallest absolute Gasteiger partial charge is 0.245 e. The predicted molar refractivity (Wildman–Crippen MR) is 123 cm³/mol. The summed E-state index contributed by atoms with van der Waals surface area (Å²) in [4.78, 5) is 17.3. The van der Waals surface area contributed by atoms with Gasteiger partial charge in [0.05, 0.1) is 18.4 Å². The number of benzene rings is 2. The first-order valence-electron chi connectivity index (χ1n) is 9.36. The molecule has 31 heavy (non-hydrogen) atoms. The monoisotopic (exact) mass is 448 g/mol. The lowest BCUT2D eigenvalue weighted by Crippen LogP contribution is -2.27. The fourth-order valence-electron chi connectivity index (χ4n) is 3.06. The van der Waals surface area contributed by atoms with E-state index in [4.69, 9.17) is 16.3 Å². The Bertz CT molecular complexity index is 1250. The molecule has 7 heteroatoms. The SMILES string of the molecule is COc1cc(CC#Cc2ccc3c(c2)C(=O)/C(=C\c2cccc(Cl)c2)[S+]([O-])N3)ccn1. The van der Waals surface area contributed by atoms with Gasteiger partial charge in [-0.3, -0.25) is 4.79 Å². The number of allylic oxidation sites excluding steroid dienone is 1. The number of pyridine rings is 1. The van der Waals surface area contributed by atoms with Gasteiger partial charge in [0, 0.05) is 35.3 Å². The molecule has 5 nitrogen and oxygen atoms in total. The highest BCUT2D eigenvalue weighted by atomic mass is 35.5. The molecule has 0 fully saturated rings. The Hall–Kier alpha value is -3.24. The number of fused-ring (bicyclic) bond motifs is 1. The topological polar surface area (TPSA) is 74.3 Å². The number of halogens is 1. The number of carbonyl (C=O) groups excluding carboxylic acids is 1. The third-order valence-corrected chi connectivity index (χ3v) is 5.91. The number of hydrogen-bond acceptors (Lipinski definition) is 5. The van der Waals surface area contributed by atoms with Gasteiger partial charge in [0.1, 0.15) is 11.4 Å². The standard InChI is InChI=1S/C24H17ClN2O3S/c1-30-23-15-17(10-11-26-23)5-2-4-16-8-9-21-20(13-16)24(28)22(31(29)27-21)14-18-6-3-7-19(25)12-18/h3,6-15,27H,5H2,1H3/b22-14+. The molecule has 0 saturated carbocycles. The van der Waals surface area contributed by atoms with E-state index >= 15 is 0 Å². The van der Waals surface area contributed by atoms with E-state index in [0.717, 1.165) is 5.56 Å². The first-order chi connectivity index (χ1) is 15.0. The number of methoxy groups -OCH3 is 1. The van der Waals surface area contributed by atoms with Gasteiger partial charge in [-0.1, -0.05) is 35.6 Å². The molecular weight excluding hydrogens is 432 g/mol. The van der Waals surface area contributed by atoms with Crippen LogP contribution < -0.4 is 9.46 Å². The van der Waals surface area contributed by atoms with E-state index < -0.39 is 11.4 Å². The van der Waals surface area contributed by atoms with Gasteiger partial charge in [-0.15, -0.1) is 0 Å². The highest BCUT2D eigenvalue weighted by molar-refractivity contribution is 7.97. The molecule has 1 atom stereocenters. The van der Waals surface area contributed by atoms with Crippen LogP contribution in [0, 0.1) is 11.8 Å². The minimum absolute atomic E-state index is 0.170. The zero-order valence-corrected chi connectivity index (χ0v) is 18.1. The van der Waals surface area contributed by atoms with Crippen LogP contribution in [0.25, 0.3) is 6.08 Å². The number of ketones is 1. The van der Waals surface area contributed by atoms with Crippen LogP contribution in [0.2, 0.25) is 5.02 Å². The van der Waals surface area contributed by atoms with Crippen LogP contribution in [0.1, 0.15) is 27.0 Å². The van der Waals surface area contributed by atoms with E-state index in [2.05, 4.69) is 21.5 Å². The fourth-order valence-corrected chi connectivity index (χ4v) is 4.27. The highest BCUT2D eigenvalue weighted by Gasteiger charge is 2.33. The molecule has 1 unspecified atom stereocenters. The lowest BCUT2D eigenvalue weighted by molar-refractivity contribution is 0.104. The van der Waals surface area contributed by atoms with Crippen LogP contribution in [0.3, 0.4) is 0 Å². The van der Waals surface area contributed by atoms with Gasteiger partial charge in [0.25, 0.3) is 0 Å². The van der Waals surface area contributed by atoms with Crippen molar-refractivity contribution in [3.05, 3.63) is 93.0 Å². The number of hydrogen-bond donors (Lipinski definition) is 1. The van der Waals surface area contributed by atoms with Crippen LogP contribution in [0.15, 0.2) is 65.7 Å². The lowest BCUT2D eigenvalue weighted by atomic mass is 10.0. The molecule has 1 N–H and O–H groups in total. The van der Waals surface area contributed by atoms with Crippen molar-refractivity contribution in [2.75, 3.05) is 11.8 Å². The Kier molecular flexibility index (Phi) is 6.28. The molecule has 0 saturated heterocycles. The molecule has 154 valence electrons. The quantitative estimate of drug-likeness (QED) is 0.358. The summed E-state index contributed by atoms with van der Waals surface area (Å²) >= 11 is 4.36. The van der Waals surface area contributed by atoms with Crippen molar-refractivity contribution in [1.82, 2.24) is 4.98 Å². The number of nitrogens with one attached hydrogen (secondary N) is 1. The Balaban J connectivity index is 1.59. The molecular formula is C24H17ClN2O3S. The first-order valence-corrected chi connectivity index (χ1v) is 10.9. The van der Waals surface area contributed by atoms with Crippen molar-refractivity contribution in [3.8, 4) is 17.7 Å². The normalized spacial score (nSPS) is 16.2. The number of carbonyl (C=O) groups is 1. The number of aromatic nitrogens is 1. The van der Waals surface area contributed by atoms with Crippen molar-refractivity contribution in [3.63, 3.8) is 0 Å². The maximum Gasteiger partial charge on any atom is 0.245 e. The van der Waals surface area contributed by atoms with Gasteiger partial charge in [-0.2, -0.15) is 0 Å². The van der Waals surface area contributed by atoms with Crippen LogP contribution >= 0.6 is 11.6 Å². The van der Waals surface area contributed by atoms with Crippen molar-refractivity contribution >= 4 is 40.5 Å². The van der Waals surface area contributed by atoms with Crippen LogP contribution in [-0.4, -0.2) is 22.4 Å². The summed E-state index contributed by atoms with van der Waals surface area (Å²) in [6.07, 6.45) is 3.79. The van der Waals surface area contributed by atoms with Gasteiger partial charge in [0.2, 0.25) is 16.6 Å². The Morgan fingerprint density at radius 2 is 2.10 bits per heavy atom. The van der Waals surface area contributed by atoms with Crippen molar-refractivity contribution in [2.24, 2.45) is 0 Å². The largest absolute Gasteiger partial charge is 0.588 e. The predicted octanol–water partition coefficient (Wildman–Crippen LogP) is 4.65. The number of ether oxygens (including phenoxy) is 1. The van der Waals surface area contributed by atoms with E-state index in [1.807, 2.05) is 12.1 Å². The average Bonchev–Trinajstić information content (AvgIpc) is 2.77. The summed E-state index contributed by atoms with van der Waals surface area (Å²) < 4.78 is 20.6. The maximum atomic E-state index is 13.0. The molecule has 2 aromatic carbocycles. The van der Waals surface area contributed by atoms with Gasteiger partial charge in [0.15, 0.2) is 0 Å². The van der Waals surface area contributed by atoms with Crippen LogP contribution in [0.5, 0.6) is 5.88 Å². The zero-order valence-electron chi connectivity index (χ0n) is 16.5. The first kappa shape index (κ1) is 21.0. The summed E-state index contributed by atoms with van der Waals surface area (Å²) in [5.41, 5.74) is 3.35. The Labute approximate surface area is 188 Å². The molecule has 3 aromatic rings. The summed E-state index contributed by atoms with van der Waals surface area (Å²) in [6, 6.07) is 16.0. The number of nitrogens with zero attached hydrogens (tertiary/aromatic N) is 1. The molecule has 0 bridgehead atoms. The second-order valence-electron chi connectivity index (χ2n) is 6.71. The number of Topliss-reactive ketones (excluding diaryl/α,β-unsaturated/α-hetero) is 1. The highest BCUT2D eigenvalue weighted by Crippen LogP contribution is 2.31. The minimum Gasteiger partial charge on any atom is -0.588 e. The van der Waals surface area contributed by atoms with E-state index in [0.29, 0.717) is 39.7 Å². The summed E-state index contributed by atoms with van der Waals surface area (Å²) in [5.74, 6) is 6.43. The van der Waals surface area contributed by atoms with Gasteiger partial charge in [-0.05, 0) is 47.5 Å². The zero-order chi connectivity index (χ0) is 21.8. The summed E-state index contributed by atoms with van der Waals surface area (Å²) in [7, 11) is 1.57. The van der Waals surface area contributed by atoms with E-state index in [-0.39, 0.29) is 10.7 Å². The fraction of sp³-hybridized carbons (Fsp3) is 0.0833. The molecule has 1 aromatic heterocycles. The van der Waals surface area contributed by atoms with Crippen molar-refractivity contribution in [2.45, 2.75) is 6.42 Å². The van der Waals surface area contributed by atoms with Gasteiger partial charge in [-0.25, -0.2) is 9.71 Å². The van der Waals surface area contributed by atoms with Crippen LogP contribution in [0.4, 0.5) is 5.69 Å². The van der Waals surface area contributed by atoms with Crippen molar-refractivity contribution < 1.29 is 14.1 Å². The molecule has 0 aliphatic carbocycles. The van der Waals surface area contributed by atoms with E-state index in [1.165, 1.54) is 0 Å². The van der Waals surface area contributed by atoms with Crippen molar-refractivity contribution in [1.29, 1.82) is 0 Å². The van der Waals surface area contributed by atoms with E-state index in [1.54, 1.807) is 61.8 Å². The molecule has 2 heterocycles. The molecule has 0 radical (unpaired) electrons. The Morgan fingerprint density at radius 1 is 1.23 bits per heavy atom. The third kappa shape index (κ3) is 4.92. The molecule has 0 spiro atoms. The molecule has 1 aliphatic rings. The Morgan fingerprint density at radius 3 is 2.90 bits per heavy atom. The summed E-state index contributed by atoms with van der Waals surface area (Å²) in [6.45, 7) is 0. The van der Waals surface area contributed by atoms with Gasteiger partial charge < -0.3 is 9.29 Å². The number of rotatable bonds is 3. The lowest BCUT2D eigenvalue weighted by Gasteiger charge is -2.21. The number of anilines is 1. The second kappa shape index (κ2) is 9.27. The van der Waals surface area contributed by atoms with Crippen LogP contribution in [-0.2, 0) is 17.8 Å². The van der Waals surface area contributed by atoms with Gasteiger partial charge >= 0.3 is 0 Å². The van der Waals surface area contributed by atoms with E-state index in [9.17, 15) is 9.35 Å². The average molecular weight is 449 g/mol.